The zero-order valence-corrected chi connectivity index (χ0v) is 11.3. The molecule has 2 aromatic rings. The average Bonchev–Trinajstić information content (AvgIpc) is 2.60. The van der Waals surface area contributed by atoms with Crippen molar-refractivity contribution in [3.63, 3.8) is 0 Å². The van der Waals surface area contributed by atoms with Gasteiger partial charge in [-0.05, 0) is 44.5 Å². The molecule has 0 saturated carbocycles. The van der Waals surface area contributed by atoms with Crippen LogP contribution in [0.1, 0.15) is 23.7 Å². The molecule has 17 heavy (non-hydrogen) atoms. The van der Waals surface area contributed by atoms with Gasteiger partial charge in [-0.1, -0.05) is 25.1 Å². The fraction of sp³-hybridized carbons (Fsp3) is 0.467. The predicted molar refractivity (Wildman–Crippen MR) is 74.7 cm³/mol. The van der Waals surface area contributed by atoms with E-state index in [9.17, 15) is 0 Å². The first-order chi connectivity index (χ1) is 8.20. The lowest BCUT2D eigenvalue weighted by Crippen LogP contribution is -2.10. The number of aryl methyl sites for hydroxylation is 2. The molecule has 2 nitrogen and oxygen atoms in total. The van der Waals surface area contributed by atoms with E-state index in [1.165, 1.54) is 27.7 Å². The van der Waals surface area contributed by atoms with E-state index in [2.05, 4.69) is 49.0 Å². The van der Waals surface area contributed by atoms with Crippen molar-refractivity contribution in [1.82, 2.24) is 9.88 Å². The number of nitrogens with one attached hydrogen (secondary N) is 1. The van der Waals surface area contributed by atoms with Crippen molar-refractivity contribution in [1.29, 1.82) is 0 Å². The van der Waals surface area contributed by atoms with Gasteiger partial charge in [0.05, 0.1) is 5.52 Å². The number of likely N-dealkylation sites (N-methyl/N-ethyl adjacent to an activating group) is 1. The Balaban J connectivity index is 2.64. The summed E-state index contributed by atoms with van der Waals surface area (Å²) in [4.78, 5) is 0. The fourth-order valence-corrected chi connectivity index (χ4v) is 2.65. The van der Waals surface area contributed by atoms with E-state index in [1.807, 2.05) is 7.05 Å². The number of nitrogens with zero attached hydrogens (tertiary/aromatic N) is 1. The zero-order chi connectivity index (χ0) is 12.4. The highest BCUT2D eigenvalue weighted by molar-refractivity contribution is 5.88. The molecular formula is C15H22N2. The highest BCUT2D eigenvalue weighted by atomic mass is 14.9. The third-order valence-electron chi connectivity index (χ3n) is 3.73. The first-order valence-corrected chi connectivity index (χ1v) is 6.41. The van der Waals surface area contributed by atoms with Gasteiger partial charge in [-0.25, -0.2) is 0 Å². The Hall–Kier alpha value is -1.28. The fourth-order valence-electron chi connectivity index (χ4n) is 2.65. The van der Waals surface area contributed by atoms with Crippen LogP contribution in [0.4, 0.5) is 0 Å². The van der Waals surface area contributed by atoms with Crippen LogP contribution < -0.4 is 5.32 Å². The van der Waals surface area contributed by atoms with Crippen LogP contribution in [0.15, 0.2) is 18.2 Å². The maximum atomic E-state index is 3.24. The summed E-state index contributed by atoms with van der Waals surface area (Å²) in [6.45, 7) is 5.49. The monoisotopic (exact) mass is 230 g/mol. The van der Waals surface area contributed by atoms with Gasteiger partial charge in [0.2, 0.25) is 0 Å². The average molecular weight is 230 g/mol. The third kappa shape index (κ3) is 1.98. The van der Waals surface area contributed by atoms with Gasteiger partial charge in [-0.2, -0.15) is 0 Å². The van der Waals surface area contributed by atoms with Crippen LogP contribution in [-0.4, -0.2) is 18.2 Å². The van der Waals surface area contributed by atoms with Crippen molar-refractivity contribution in [2.24, 2.45) is 7.05 Å². The summed E-state index contributed by atoms with van der Waals surface area (Å²) < 4.78 is 2.35. The van der Waals surface area contributed by atoms with Gasteiger partial charge in [0.15, 0.2) is 0 Å². The number of benzene rings is 1. The molecule has 0 aliphatic rings. The zero-order valence-electron chi connectivity index (χ0n) is 11.3. The van der Waals surface area contributed by atoms with Crippen LogP contribution in [0.2, 0.25) is 0 Å². The van der Waals surface area contributed by atoms with Crippen molar-refractivity contribution in [3.05, 3.63) is 35.0 Å². The minimum Gasteiger partial charge on any atom is -0.347 e. The Morgan fingerprint density at radius 3 is 2.71 bits per heavy atom. The van der Waals surface area contributed by atoms with Crippen LogP contribution in [0.25, 0.3) is 10.9 Å². The molecule has 1 N–H and O–H groups in total. The highest BCUT2D eigenvalue weighted by Gasteiger charge is 2.13. The smallest absolute Gasteiger partial charge is 0.0515 e. The molecule has 1 aromatic carbocycles. The van der Waals surface area contributed by atoms with E-state index in [0.29, 0.717) is 0 Å². The molecule has 2 rings (SSSR count). The minimum atomic E-state index is 1.04. The van der Waals surface area contributed by atoms with Crippen LogP contribution in [0, 0.1) is 6.92 Å². The van der Waals surface area contributed by atoms with Crippen LogP contribution in [0.3, 0.4) is 0 Å². The molecule has 0 amide bonds. The molecule has 0 atom stereocenters. The number of para-hydroxylation sites is 1. The second kappa shape index (κ2) is 4.92. The van der Waals surface area contributed by atoms with Crippen LogP contribution >= 0.6 is 0 Å². The van der Waals surface area contributed by atoms with E-state index in [0.717, 1.165) is 19.4 Å². The van der Waals surface area contributed by atoms with Gasteiger partial charge in [0.1, 0.15) is 0 Å². The lowest BCUT2D eigenvalue weighted by molar-refractivity contribution is 0.783. The van der Waals surface area contributed by atoms with Gasteiger partial charge in [-0.15, -0.1) is 0 Å². The summed E-state index contributed by atoms with van der Waals surface area (Å²) in [5.41, 5.74) is 5.76. The standard InChI is InChI=1S/C15H22N2/c1-5-12-7-6-8-14-13(9-10-16-3)11(2)17(4)15(12)14/h6-8,16H,5,9-10H2,1-4H3. The summed E-state index contributed by atoms with van der Waals surface area (Å²) in [5.74, 6) is 0. The topological polar surface area (TPSA) is 17.0 Å². The molecule has 92 valence electrons. The molecule has 0 unspecified atom stereocenters. The summed E-state index contributed by atoms with van der Waals surface area (Å²) in [6.07, 6.45) is 2.20. The van der Waals surface area contributed by atoms with E-state index >= 15 is 0 Å². The summed E-state index contributed by atoms with van der Waals surface area (Å²) >= 11 is 0. The van der Waals surface area contributed by atoms with E-state index in [4.69, 9.17) is 0 Å². The molecule has 0 radical (unpaired) electrons. The van der Waals surface area contributed by atoms with Crippen LogP contribution in [0.5, 0.6) is 0 Å². The van der Waals surface area contributed by atoms with Crippen molar-refractivity contribution < 1.29 is 0 Å². The first kappa shape index (κ1) is 12.2. The molecule has 0 aliphatic heterocycles. The van der Waals surface area contributed by atoms with Gasteiger partial charge >= 0.3 is 0 Å². The molecule has 0 bridgehead atoms. The number of hydrogen-bond acceptors (Lipinski definition) is 1. The SMILES string of the molecule is CCc1cccc2c(CCNC)c(C)n(C)c12. The normalized spacial score (nSPS) is 11.3. The Kier molecular flexibility index (Phi) is 3.53. The number of rotatable bonds is 4. The van der Waals surface area contributed by atoms with E-state index in [-0.39, 0.29) is 0 Å². The van der Waals surface area contributed by atoms with Crippen molar-refractivity contribution >= 4 is 10.9 Å². The van der Waals surface area contributed by atoms with Crippen molar-refractivity contribution in [2.45, 2.75) is 26.7 Å². The second-order valence-electron chi connectivity index (χ2n) is 4.64. The summed E-state index contributed by atoms with van der Waals surface area (Å²) in [5, 5.41) is 4.67. The molecule has 0 saturated heterocycles. The Labute approximate surface area is 104 Å². The minimum absolute atomic E-state index is 1.04. The number of aromatic nitrogens is 1. The van der Waals surface area contributed by atoms with Crippen molar-refractivity contribution in [2.75, 3.05) is 13.6 Å². The molecule has 0 spiro atoms. The maximum absolute atomic E-state index is 3.24. The lowest BCUT2D eigenvalue weighted by Gasteiger charge is -2.03. The maximum Gasteiger partial charge on any atom is 0.0515 e. The Morgan fingerprint density at radius 1 is 1.29 bits per heavy atom. The van der Waals surface area contributed by atoms with Gasteiger partial charge < -0.3 is 9.88 Å². The molecular weight excluding hydrogens is 208 g/mol. The van der Waals surface area contributed by atoms with Gasteiger partial charge in [-0.3, -0.25) is 0 Å². The second-order valence-corrected chi connectivity index (χ2v) is 4.64. The molecule has 2 heteroatoms. The molecule has 0 fully saturated rings. The molecule has 0 aliphatic carbocycles. The first-order valence-electron chi connectivity index (χ1n) is 6.41. The molecule has 1 heterocycles. The number of fused-ring (bicyclic) bond motifs is 1. The highest BCUT2D eigenvalue weighted by Crippen LogP contribution is 2.28. The number of hydrogen-bond donors (Lipinski definition) is 1. The lowest BCUT2D eigenvalue weighted by atomic mass is 10.0. The Bertz CT molecular complexity index is 523. The third-order valence-corrected chi connectivity index (χ3v) is 3.73. The molecule has 1 aromatic heterocycles. The van der Waals surface area contributed by atoms with E-state index in [1.54, 1.807) is 0 Å². The van der Waals surface area contributed by atoms with Crippen molar-refractivity contribution in [3.8, 4) is 0 Å². The Morgan fingerprint density at radius 2 is 2.06 bits per heavy atom. The van der Waals surface area contributed by atoms with Crippen LogP contribution in [-0.2, 0) is 19.9 Å². The van der Waals surface area contributed by atoms with E-state index < -0.39 is 0 Å². The predicted octanol–water partition coefficient (Wildman–Crippen LogP) is 2.81. The largest absolute Gasteiger partial charge is 0.347 e. The summed E-state index contributed by atoms with van der Waals surface area (Å²) in [6, 6.07) is 6.68. The summed E-state index contributed by atoms with van der Waals surface area (Å²) in [7, 11) is 4.19. The van der Waals surface area contributed by atoms with Gasteiger partial charge in [0.25, 0.3) is 0 Å². The quantitative estimate of drug-likeness (QED) is 0.854. The van der Waals surface area contributed by atoms with Gasteiger partial charge in [0, 0.05) is 18.1 Å².